The zero-order valence-electron chi connectivity index (χ0n) is 14.7. The summed E-state index contributed by atoms with van der Waals surface area (Å²) in [7, 11) is 5.97. The monoisotopic (exact) mass is 344 g/mol. The molecule has 0 saturated carbocycles. The van der Waals surface area contributed by atoms with Gasteiger partial charge in [-0.3, -0.25) is 0 Å². The minimum atomic E-state index is -0.704. The molecule has 1 heterocycles. The molecule has 25 heavy (non-hydrogen) atoms. The van der Waals surface area contributed by atoms with E-state index in [-0.39, 0.29) is 5.75 Å². The van der Waals surface area contributed by atoms with Gasteiger partial charge >= 0.3 is 0 Å². The summed E-state index contributed by atoms with van der Waals surface area (Å²) in [6.45, 7) is 0.952. The molecule has 132 valence electrons. The van der Waals surface area contributed by atoms with Crippen molar-refractivity contribution in [3.8, 4) is 11.6 Å². The number of halogens is 2. The highest BCUT2D eigenvalue weighted by atomic mass is 19.1. The van der Waals surface area contributed by atoms with Crippen molar-refractivity contribution in [3.63, 3.8) is 0 Å². The van der Waals surface area contributed by atoms with E-state index in [0.29, 0.717) is 5.88 Å². The number of nitrogens with zero attached hydrogens (tertiary/aromatic N) is 2. The van der Waals surface area contributed by atoms with Crippen LogP contribution in [0.5, 0.6) is 11.6 Å². The second-order valence-electron chi connectivity index (χ2n) is 6.44. The Hall–Kier alpha value is -2.40. The average Bonchev–Trinajstić information content (AvgIpc) is 2.83. The number of benzene rings is 2. The largest absolute Gasteiger partial charge is 0.437 e. The molecular formula is C20H22F2N2O. The summed E-state index contributed by atoms with van der Waals surface area (Å²) in [5, 5.41) is 1.10. The summed E-state index contributed by atoms with van der Waals surface area (Å²) in [6.07, 6.45) is 1.78. The van der Waals surface area contributed by atoms with Gasteiger partial charge in [0.05, 0.1) is 5.52 Å². The molecule has 0 saturated heterocycles. The lowest BCUT2D eigenvalue weighted by molar-refractivity contribution is 0.391. The smallest absolute Gasteiger partial charge is 0.204 e. The van der Waals surface area contributed by atoms with Crippen LogP contribution >= 0.6 is 0 Å². The molecule has 0 radical (unpaired) electrons. The van der Waals surface area contributed by atoms with Crippen LogP contribution in [0.15, 0.2) is 42.5 Å². The maximum atomic E-state index is 14.0. The van der Waals surface area contributed by atoms with Crippen molar-refractivity contribution in [2.75, 3.05) is 20.6 Å². The Bertz CT molecular complexity index is 887. The van der Waals surface area contributed by atoms with E-state index in [1.54, 1.807) is 0 Å². The highest BCUT2D eigenvalue weighted by molar-refractivity contribution is 5.87. The summed E-state index contributed by atoms with van der Waals surface area (Å²) in [5.74, 6) is -0.691. The van der Waals surface area contributed by atoms with Gasteiger partial charge in [-0.2, -0.15) is 0 Å². The van der Waals surface area contributed by atoms with Crippen molar-refractivity contribution in [2.24, 2.45) is 7.05 Å². The lowest BCUT2D eigenvalue weighted by atomic mass is 10.1. The van der Waals surface area contributed by atoms with Gasteiger partial charge in [-0.1, -0.05) is 18.2 Å². The maximum Gasteiger partial charge on any atom is 0.204 e. The number of aryl methyl sites for hydroxylation is 2. The predicted octanol–water partition coefficient (Wildman–Crippen LogP) is 4.74. The van der Waals surface area contributed by atoms with E-state index in [9.17, 15) is 8.78 Å². The van der Waals surface area contributed by atoms with Gasteiger partial charge in [-0.15, -0.1) is 0 Å². The number of para-hydroxylation sites is 1. The molecule has 0 atom stereocenters. The molecule has 3 nitrogen and oxygen atoms in total. The Morgan fingerprint density at radius 1 is 1.08 bits per heavy atom. The van der Waals surface area contributed by atoms with Crippen LogP contribution in [0.1, 0.15) is 12.0 Å². The van der Waals surface area contributed by atoms with E-state index in [0.717, 1.165) is 41.9 Å². The lowest BCUT2D eigenvalue weighted by Gasteiger charge is -2.12. The van der Waals surface area contributed by atoms with E-state index < -0.39 is 11.6 Å². The summed E-state index contributed by atoms with van der Waals surface area (Å²) < 4.78 is 35.0. The fourth-order valence-electron chi connectivity index (χ4n) is 3.05. The molecule has 0 amide bonds. The van der Waals surface area contributed by atoms with E-state index >= 15 is 0 Å². The molecule has 1 aromatic heterocycles. The number of rotatable bonds is 6. The first-order valence-electron chi connectivity index (χ1n) is 8.31. The average molecular weight is 344 g/mol. The van der Waals surface area contributed by atoms with Crippen LogP contribution in [-0.2, 0) is 13.5 Å². The van der Waals surface area contributed by atoms with Gasteiger partial charge in [0.25, 0.3) is 0 Å². The van der Waals surface area contributed by atoms with E-state index in [1.807, 2.05) is 50.0 Å². The Morgan fingerprint density at radius 3 is 2.56 bits per heavy atom. The number of hydrogen-bond donors (Lipinski definition) is 0. The molecule has 0 N–H and O–H groups in total. The zero-order chi connectivity index (χ0) is 18.0. The molecule has 3 aromatic rings. The molecule has 0 aliphatic rings. The molecule has 5 heteroatoms. The molecule has 0 fully saturated rings. The molecule has 0 unspecified atom stereocenters. The molecule has 3 rings (SSSR count). The van der Waals surface area contributed by atoms with Crippen molar-refractivity contribution in [1.29, 1.82) is 0 Å². The summed E-state index contributed by atoms with van der Waals surface area (Å²) in [5.41, 5.74) is 2.07. The summed E-state index contributed by atoms with van der Waals surface area (Å²) in [4.78, 5) is 2.13. The fourth-order valence-corrected chi connectivity index (χ4v) is 3.05. The first-order chi connectivity index (χ1) is 12.0. The standard InChI is InChI=1S/C20H22F2N2O/c1-23(2)12-6-8-16-15-7-4-5-9-18(15)24(3)20(16)25-19-11-10-14(21)13-17(19)22/h4-5,7,9-11,13H,6,8,12H2,1-3H3. The van der Waals surface area contributed by atoms with Crippen LogP contribution < -0.4 is 4.74 Å². The van der Waals surface area contributed by atoms with Crippen molar-refractivity contribution in [2.45, 2.75) is 12.8 Å². The Labute approximate surface area is 146 Å². The SMILES string of the molecule is CN(C)CCCc1c(Oc2ccc(F)cc2F)n(C)c2ccccc12. The highest BCUT2D eigenvalue weighted by Gasteiger charge is 2.18. The van der Waals surface area contributed by atoms with Gasteiger partial charge in [0, 0.05) is 24.1 Å². The first kappa shape index (κ1) is 17.4. The van der Waals surface area contributed by atoms with Gasteiger partial charge in [-0.25, -0.2) is 8.78 Å². The first-order valence-corrected chi connectivity index (χ1v) is 8.31. The lowest BCUT2D eigenvalue weighted by Crippen LogP contribution is -2.13. The fraction of sp³-hybridized carbons (Fsp3) is 0.300. The maximum absolute atomic E-state index is 14.0. The quantitative estimate of drug-likeness (QED) is 0.642. The van der Waals surface area contributed by atoms with Gasteiger partial charge in [0.1, 0.15) is 5.82 Å². The second kappa shape index (κ2) is 7.23. The van der Waals surface area contributed by atoms with Crippen LogP contribution in [0, 0.1) is 11.6 Å². The summed E-state index contributed by atoms with van der Waals surface area (Å²) in [6, 6.07) is 11.4. The topological polar surface area (TPSA) is 17.4 Å². The number of hydrogen-bond acceptors (Lipinski definition) is 2. The number of ether oxygens (including phenoxy) is 1. The zero-order valence-corrected chi connectivity index (χ0v) is 14.7. The van der Waals surface area contributed by atoms with E-state index in [1.165, 1.54) is 12.1 Å². The number of aromatic nitrogens is 1. The van der Waals surface area contributed by atoms with Crippen LogP contribution in [-0.4, -0.2) is 30.1 Å². The molecule has 0 spiro atoms. The Morgan fingerprint density at radius 2 is 1.84 bits per heavy atom. The van der Waals surface area contributed by atoms with Gasteiger partial charge in [0.15, 0.2) is 11.6 Å². The van der Waals surface area contributed by atoms with Crippen LogP contribution in [0.25, 0.3) is 10.9 Å². The Kier molecular flexibility index (Phi) is 5.04. The van der Waals surface area contributed by atoms with Crippen LogP contribution in [0.4, 0.5) is 8.78 Å². The molecule has 0 aliphatic heterocycles. The van der Waals surface area contributed by atoms with Crippen molar-refractivity contribution in [1.82, 2.24) is 9.47 Å². The minimum Gasteiger partial charge on any atom is -0.437 e. The molecule has 2 aromatic carbocycles. The van der Waals surface area contributed by atoms with E-state index in [4.69, 9.17) is 4.74 Å². The minimum absolute atomic E-state index is 0.0289. The van der Waals surface area contributed by atoms with Gasteiger partial charge < -0.3 is 14.2 Å². The molecular weight excluding hydrogens is 322 g/mol. The van der Waals surface area contributed by atoms with Crippen molar-refractivity contribution in [3.05, 3.63) is 59.7 Å². The van der Waals surface area contributed by atoms with E-state index in [2.05, 4.69) is 4.90 Å². The third-order valence-electron chi connectivity index (χ3n) is 4.29. The third-order valence-corrected chi connectivity index (χ3v) is 4.29. The second-order valence-corrected chi connectivity index (χ2v) is 6.44. The number of fused-ring (bicyclic) bond motifs is 1. The molecule has 0 bridgehead atoms. The predicted molar refractivity (Wildman–Crippen MR) is 96.2 cm³/mol. The molecule has 0 aliphatic carbocycles. The van der Waals surface area contributed by atoms with Gasteiger partial charge in [0.2, 0.25) is 5.88 Å². The van der Waals surface area contributed by atoms with Gasteiger partial charge in [-0.05, 0) is 51.7 Å². The Balaban J connectivity index is 2.01. The van der Waals surface area contributed by atoms with Crippen molar-refractivity contribution < 1.29 is 13.5 Å². The summed E-state index contributed by atoms with van der Waals surface area (Å²) >= 11 is 0. The highest BCUT2D eigenvalue weighted by Crippen LogP contribution is 2.36. The normalized spacial score (nSPS) is 11.4. The third kappa shape index (κ3) is 3.66. The van der Waals surface area contributed by atoms with Crippen molar-refractivity contribution >= 4 is 10.9 Å². The van der Waals surface area contributed by atoms with Crippen LogP contribution in [0.3, 0.4) is 0 Å². The van der Waals surface area contributed by atoms with Crippen LogP contribution in [0.2, 0.25) is 0 Å².